The van der Waals surface area contributed by atoms with E-state index in [0.717, 1.165) is 0 Å². The lowest BCUT2D eigenvalue weighted by Crippen LogP contribution is -2.20. The smallest absolute Gasteiger partial charge is 0.230 e. The number of amides is 1. The Labute approximate surface area is 123 Å². The molecule has 0 aliphatic carbocycles. The Hall–Kier alpha value is -2.61. The molecule has 1 heterocycles. The highest BCUT2D eigenvalue weighted by Crippen LogP contribution is 2.20. The van der Waals surface area contributed by atoms with E-state index in [1.807, 2.05) is 0 Å². The molecule has 21 heavy (non-hydrogen) atoms. The molecular formula is C12H11ClFN5O2. The highest BCUT2D eigenvalue weighted by Gasteiger charge is 2.15. The van der Waals surface area contributed by atoms with Crippen molar-refractivity contribution in [2.75, 3.05) is 5.32 Å². The lowest BCUT2D eigenvalue weighted by Gasteiger charge is -2.07. The van der Waals surface area contributed by atoms with Gasteiger partial charge in [0.25, 0.3) is 0 Å². The molecule has 0 aliphatic rings. The van der Waals surface area contributed by atoms with Crippen LogP contribution < -0.4 is 11.1 Å². The summed E-state index contributed by atoms with van der Waals surface area (Å²) in [5.41, 5.74) is 5.72. The Kier molecular flexibility index (Phi) is 4.39. The number of oxime groups is 1. The molecule has 0 saturated carbocycles. The van der Waals surface area contributed by atoms with Crippen molar-refractivity contribution < 1.29 is 14.4 Å². The number of hydrogen-bond acceptors (Lipinski definition) is 4. The largest absolute Gasteiger partial charge is 0.409 e. The standard InChI is InChI=1S/C12H11ClFN5O2/c13-8-2-1-3-9(14)6(8)4-10(20)17-12-7(5-16-18-12)11(15)19-21/h1-3,5,21H,4H2,(H2,15,19)(H2,16,17,18,20). The second-order valence-corrected chi connectivity index (χ2v) is 4.48. The predicted octanol–water partition coefficient (Wildman–Crippen LogP) is 1.48. The van der Waals surface area contributed by atoms with Crippen LogP contribution in [-0.4, -0.2) is 27.1 Å². The lowest BCUT2D eigenvalue weighted by molar-refractivity contribution is -0.115. The first-order chi connectivity index (χ1) is 10.0. The number of aromatic nitrogens is 2. The second kappa shape index (κ2) is 6.23. The number of benzene rings is 1. The normalized spacial score (nSPS) is 11.4. The number of carbonyl (C=O) groups is 1. The maximum Gasteiger partial charge on any atom is 0.230 e. The van der Waals surface area contributed by atoms with Crippen molar-refractivity contribution in [1.29, 1.82) is 0 Å². The summed E-state index contributed by atoms with van der Waals surface area (Å²) in [6.07, 6.45) is 1.01. The predicted molar refractivity (Wildman–Crippen MR) is 74.8 cm³/mol. The summed E-state index contributed by atoms with van der Waals surface area (Å²) in [7, 11) is 0. The van der Waals surface area contributed by atoms with E-state index in [9.17, 15) is 9.18 Å². The van der Waals surface area contributed by atoms with Crippen LogP contribution in [0, 0.1) is 5.82 Å². The van der Waals surface area contributed by atoms with Crippen molar-refractivity contribution in [2.45, 2.75) is 6.42 Å². The number of amidine groups is 1. The summed E-state index contributed by atoms with van der Waals surface area (Å²) in [6, 6.07) is 4.16. The summed E-state index contributed by atoms with van der Waals surface area (Å²) in [4.78, 5) is 11.9. The number of nitrogens with one attached hydrogen (secondary N) is 2. The van der Waals surface area contributed by atoms with Crippen LogP contribution in [0.2, 0.25) is 5.02 Å². The van der Waals surface area contributed by atoms with E-state index < -0.39 is 11.7 Å². The zero-order valence-electron chi connectivity index (χ0n) is 10.6. The number of aromatic amines is 1. The first kappa shape index (κ1) is 14.8. The topological polar surface area (TPSA) is 116 Å². The molecule has 7 nitrogen and oxygen atoms in total. The third-order valence-corrected chi connectivity index (χ3v) is 3.04. The van der Waals surface area contributed by atoms with Crippen LogP contribution in [0.3, 0.4) is 0 Å². The molecule has 2 aromatic rings. The minimum Gasteiger partial charge on any atom is -0.409 e. The number of nitrogens with two attached hydrogens (primary N) is 1. The first-order valence-electron chi connectivity index (χ1n) is 5.77. The third kappa shape index (κ3) is 3.29. The summed E-state index contributed by atoms with van der Waals surface area (Å²) < 4.78 is 13.6. The molecule has 9 heteroatoms. The molecule has 1 amide bonds. The molecule has 0 radical (unpaired) electrons. The number of carbonyl (C=O) groups excluding carboxylic acids is 1. The monoisotopic (exact) mass is 311 g/mol. The molecule has 0 aliphatic heterocycles. The Morgan fingerprint density at radius 1 is 1.57 bits per heavy atom. The zero-order chi connectivity index (χ0) is 15.4. The highest BCUT2D eigenvalue weighted by atomic mass is 35.5. The molecule has 5 N–H and O–H groups in total. The molecule has 0 spiro atoms. The Bertz CT molecular complexity index is 680. The molecule has 1 aromatic heterocycles. The van der Waals surface area contributed by atoms with Gasteiger partial charge in [0.2, 0.25) is 5.91 Å². The fourth-order valence-electron chi connectivity index (χ4n) is 1.67. The maximum absolute atomic E-state index is 13.6. The molecule has 110 valence electrons. The van der Waals surface area contributed by atoms with Gasteiger partial charge in [0.1, 0.15) is 11.6 Å². The second-order valence-electron chi connectivity index (χ2n) is 4.07. The molecule has 0 unspecified atom stereocenters. The molecular weight excluding hydrogens is 301 g/mol. The average Bonchev–Trinajstić information content (AvgIpc) is 2.90. The Morgan fingerprint density at radius 2 is 2.33 bits per heavy atom. The minimum absolute atomic E-state index is 0.0847. The van der Waals surface area contributed by atoms with Gasteiger partial charge in [-0.1, -0.05) is 22.8 Å². The van der Waals surface area contributed by atoms with Crippen molar-refractivity contribution in [3.05, 3.63) is 46.4 Å². The van der Waals surface area contributed by atoms with Gasteiger partial charge in [-0.25, -0.2) is 4.39 Å². The fraction of sp³-hybridized carbons (Fsp3) is 0.0833. The van der Waals surface area contributed by atoms with Crippen LogP contribution in [0.15, 0.2) is 29.6 Å². The van der Waals surface area contributed by atoms with Crippen molar-refractivity contribution in [1.82, 2.24) is 10.2 Å². The minimum atomic E-state index is -0.570. The van der Waals surface area contributed by atoms with Gasteiger partial charge in [-0.2, -0.15) is 5.10 Å². The van der Waals surface area contributed by atoms with Gasteiger partial charge in [0, 0.05) is 10.6 Å². The van der Waals surface area contributed by atoms with Gasteiger partial charge in [-0.05, 0) is 12.1 Å². The van der Waals surface area contributed by atoms with Crippen LogP contribution in [0.25, 0.3) is 0 Å². The SMILES string of the molecule is NC(=NO)c1cn[nH]c1NC(=O)Cc1c(F)cccc1Cl. The van der Waals surface area contributed by atoms with Gasteiger partial charge < -0.3 is 16.3 Å². The number of nitrogens with zero attached hydrogens (tertiary/aromatic N) is 2. The van der Waals surface area contributed by atoms with Gasteiger partial charge in [0.15, 0.2) is 5.84 Å². The summed E-state index contributed by atoms with van der Waals surface area (Å²) in [5.74, 6) is -1.18. The summed E-state index contributed by atoms with van der Waals surface area (Å²) in [6.45, 7) is 0. The van der Waals surface area contributed by atoms with Gasteiger partial charge >= 0.3 is 0 Å². The Balaban J connectivity index is 2.15. The number of halogens is 2. The highest BCUT2D eigenvalue weighted by molar-refractivity contribution is 6.31. The number of anilines is 1. The van der Waals surface area contributed by atoms with Crippen molar-refractivity contribution >= 4 is 29.2 Å². The number of rotatable bonds is 4. The third-order valence-electron chi connectivity index (χ3n) is 2.69. The lowest BCUT2D eigenvalue weighted by atomic mass is 10.1. The molecule has 0 saturated heterocycles. The van der Waals surface area contributed by atoms with Crippen LogP contribution in [0.4, 0.5) is 10.2 Å². The van der Waals surface area contributed by atoms with Crippen LogP contribution >= 0.6 is 11.6 Å². The van der Waals surface area contributed by atoms with Gasteiger partial charge in [-0.3, -0.25) is 9.89 Å². The van der Waals surface area contributed by atoms with Gasteiger partial charge in [0.05, 0.1) is 18.2 Å². The quantitative estimate of drug-likeness (QED) is 0.296. The number of H-pyrrole nitrogens is 1. The zero-order valence-corrected chi connectivity index (χ0v) is 11.4. The van der Waals surface area contributed by atoms with Crippen molar-refractivity contribution in [2.24, 2.45) is 10.9 Å². The van der Waals surface area contributed by atoms with Crippen LogP contribution in [-0.2, 0) is 11.2 Å². The van der Waals surface area contributed by atoms with Gasteiger partial charge in [-0.15, -0.1) is 0 Å². The van der Waals surface area contributed by atoms with E-state index in [1.54, 1.807) is 0 Å². The molecule has 0 atom stereocenters. The fourth-order valence-corrected chi connectivity index (χ4v) is 1.90. The van der Waals surface area contributed by atoms with Crippen LogP contribution in [0.1, 0.15) is 11.1 Å². The summed E-state index contributed by atoms with van der Waals surface area (Å²) in [5, 5.41) is 20.2. The van der Waals surface area contributed by atoms with E-state index in [4.69, 9.17) is 22.5 Å². The van der Waals surface area contributed by atoms with E-state index in [0.29, 0.717) is 0 Å². The Morgan fingerprint density at radius 3 is 3.00 bits per heavy atom. The molecule has 0 bridgehead atoms. The van der Waals surface area contributed by atoms with Crippen LogP contribution in [0.5, 0.6) is 0 Å². The first-order valence-corrected chi connectivity index (χ1v) is 6.14. The molecule has 1 aromatic carbocycles. The van der Waals surface area contributed by atoms with E-state index in [-0.39, 0.29) is 34.2 Å². The average molecular weight is 312 g/mol. The number of hydrogen-bond donors (Lipinski definition) is 4. The van der Waals surface area contributed by atoms with Crippen molar-refractivity contribution in [3.8, 4) is 0 Å². The van der Waals surface area contributed by atoms with Crippen molar-refractivity contribution in [3.63, 3.8) is 0 Å². The van der Waals surface area contributed by atoms with E-state index >= 15 is 0 Å². The molecule has 2 rings (SSSR count). The summed E-state index contributed by atoms with van der Waals surface area (Å²) >= 11 is 5.85. The molecule has 0 fully saturated rings. The van der Waals surface area contributed by atoms with E-state index in [2.05, 4.69) is 20.7 Å². The van der Waals surface area contributed by atoms with E-state index in [1.165, 1.54) is 24.4 Å². The maximum atomic E-state index is 13.6.